The van der Waals surface area contributed by atoms with Crippen LogP contribution in [0.4, 0.5) is 0 Å². The van der Waals surface area contributed by atoms with Crippen molar-refractivity contribution in [2.24, 2.45) is 0 Å². The highest BCUT2D eigenvalue weighted by Crippen LogP contribution is 2.28. The van der Waals surface area contributed by atoms with Crippen LogP contribution >= 0.6 is 0 Å². The minimum absolute atomic E-state index is 0.305. The Bertz CT molecular complexity index is 148. The van der Waals surface area contributed by atoms with Gasteiger partial charge in [0.05, 0.1) is 25.9 Å². The molecule has 2 atom stereocenters. The van der Waals surface area contributed by atoms with Crippen LogP contribution < -0.4 is 0 Å². The van der Waals surface area contributed by atoms with Crippen LogP contribution in [-0.4, -0.2) is 43.4 Å². The largest absolute Gasteiger partial charge is 0.393 e. The molecule has 0 aromatic carbocycles. The first-order chi connectivity index (χ1) is 5.81. The topological polar surface area (TPSA) is 47.9 Å². The van der Waals surface area contributed by atoms with Gasteiger partial charge >= 0.3 is 0 Å². The average Bonchev–Trinajstić information content (AvgIpc) is 2.05. The van der Waals surface area contributed by atoms with Gasteiger partial charge in [0.25, 0.3) is 0 Å². The highest BCUT2D eigenvalue weighted by molar-refractivity contribution is 4.80. The SMILES string of the molecule is O[C@@H]1CCO[C@]2(COCCO2)C1. The summed E-state index contributed by atoms with van der Waals surface area (Å²) >= 11 is 0. The summed E-state index contributed by atoms with van der Waals surface area (Å²) in [5.74, 6) is -0.643. The van der Waals surface area contributed by atoms with Crippen LogP contribution in [0.15, 0.2) is 0 Å². The fourth-order valence-electron chi connectivity index (χ4n) is 1.66. The fraction of sp³-hybridized carbons (Fsp3) is 1.00. The van der Waals surface area contributed by atoms with Crippen LogP contribution in [0, 0.1) is 0 Å². The van der Waals surface area contributed by atoms with E-state index < -0.39 is 5.79 Å². The van der Waals surface area contributed by atoms with Gasteiger partial charge in [0.1, 0.15) is 6.61 Å². The van der Waals surface area contributed by atoms with E-state index in [4.69, 9.17) is 14.2 Å². The van der Waals surface area contributed by atoms with Gasteiger partial charge in [0.15, 0.2) is 5.79 Å². The van der Waals surface area contributed by atoms with Gasteiger partial charge in [-0.3, -0.25) is 0 Å². The van der Waals surface area contributed by atoms with Crippen molar-refractivity contribution in [3.8, 4) is 0 Å². The van der Waals surface area contributed by atoms with E-state index in [1.165, 1.54) is 0 Å². The summed E-state index contributed by atoms with van der Waals surface area (Å²) in [6.45, 7) is 2.20. The maximum absolute atomic E-state index is 9.41. The summed E-state index contributed by atoms with van der Waals surface area (Å²) in [6.07, 6.45) is 0.929. The zero-order valence-electron chi connectivity index (χ0n) is 6.99. The normalized spacial score (nSPS) is 43.2. The van der Waals surface area contributed by atoms with E-state index in [9.17, 15) is 5.11 Å². The van der Waals surface area contributed by atoms with Gasteiger partial charge < -0.3 is 19.3 Å². The van der Waals surface area contributed by atoms with E-state index in [0.29, 0.717) is 39.3 Å². The van der Waals surface area contributed by atoms with Crippen LogP contribution in [0.1, 0.15) is 12.8 Å². The molecule has 2 heterocycles. The fourth-order valence-corrected chi connectivity index (χ4v) is 1.66. The lowest BCUT2D eigenvalue weighted by molar-refractivity contribution is -0.317. The van der Waals surface area contributed by atoms with E-state index in [-0.39, 0.29) is 6.10 Å². The smallest absolute Gasteiger partial charge is 0.194 e. The van der Waals surface area contributed by atoms with Crippen molar-refractivity contribution in [1.82, 2.24) is 0 Å². The Balaban J connectivity index is 1.97. The molecule has 4 nitrogen and oxygen atoms in total. The lowest BCUT2D eigenvalue weighted by Gasteiger charge is -2.41. The maximum atomic E-state index is 9.41. The molecule has 2 aliphatic rings. The first-order valence-electron chi connectivity index (χ1n) is 4.34. The van der Waals surface area contributed by atoms with Gasteiger partial charge in [0, 0.05) is 6.42 Å². The second kappa shape index (κ2) is 3.30. The standard InChI is InChI=1S/C8H14O4/c9-7-1-2-11-8(5-7)6-10-3-4-12-8/h7,9H,1-6H2/t7-,8-/m1/s1. The zero-order valence-corrected chi connectivity index (χ0v) is 6.99. The Kier molecular flexibility index (Phi) is 2.32. The van der Waals surface area contributed by atoms with E-state index in [0.717, 1.165) is 0 Å². The summed E-state index contributed by atoms with van der Waals surface area (Å²) in [4.78, 5) is 0. The molecule has 70 valence electrons. The average molecular weight is 174 g/mol. The van der Waals surface area contributed by atoms with Crippen molar-refractivity contribution in [3.63, 3.8) is 0 Å². The zero-order chi connectivity index (χ0) is 8.44. The molecule has 0 amide bonds. The number of aliphatic hydroxyl groups is 1. The summed E-state index contributed by atoms with van der Waals surface area (Å²) in [5, 5.41) is 9.41. The molecule has 2 fully saturated rings. The minimum atomic E-state index is -0.643. The summed E-state index contributed by atoms with van der Waals surface area (Å²) in [7, 11) is 0. The second-order valence-corrected chi connectivity index (χ2v) is 3.31. The van der Waals surface area contributed by atoms with Crippen molar-refractivity contribution in [2.75, 3.05) is 26.4 Å². The molecule has 12 heavy (non-hydrogen) atoms. The summed E-state index contributed by atoms with van der Waals surface area (Å²) in [6, 6.07) is 0. The third kappa shape index (κ3) is 1.61. The molecular weight excluding hydrogens is 160 g/mol. The van der Waals surface area contributed by atoms with Gasteiger partial charge in [-0.25, -0.2) is 0 Å². The molecular formula is C8H14O4. The van der Waals surface area contributed by atoms with E-state index in [1.54, 1.807) is 0 Å². The molecule has 0 bridgehead atoms. The highest BCUT2D eigenvalue weighted by atomic mass is 16.7. The van der Waals surface area contributed by atoms with Crippen molar-refractivity contribution in [3.05, 3.63) is 0 Å². The van der Waals surface area contributed by atoms with Gasteiger partial charge in [-0.2, -0.15) is 0 Å². The Morgan fingerprint density at radius 2 is 2.00 bits per heavy atom. The van der Waals surface area contributed by atoms with Gasteiger partial charge in [-0.15, -0.1) is 0 Å². The first-order valence-corrected chi connectivity index (χ1v) is 4.34. The van der Waals surface area contributed by atoms with Crippen molar-refractivity contribution < 1.29 is 19.3 Å². The molecule has 0 aromatic rings. The maximum Gasteiger partial charge on any atom is 0.194 e. The number of ether oxygens (including phenoxy) is 3. The van der Waals surface area contributed by atoms with Crippen molar-refractivity contribution in [2.45, 2.75) is 24.7 Å². The van der Waals surface area contributed by atoms with E-state index in [1.807, 2.05) is 0 Å². The van der Waals surface area contributed by atoms with Gasteiger partial charge in [-0.1, -0.05) is 0 Å². The third-order valence-corrected chi connectivity index (χ3v) is 2.28. The lowest BCUT2D eigenvalue weighted by Crippen LogP contribution is -2.51. The van der Waals surface area contributed by atoms with Crippen molar-refractivity contribution >= 4 is 0 Å². The lowest BCUT2D eigenvalue weighted by atomic mass is 10.0. The third-order valence-electron chi connectivity index (χ3n) is 2.28. The van der Waals surface area contributed by atoms with Crippen molar-refractivity contribution in [1.29, 1.82) is 0 Å². The number of hydrogen-bond acceptors (Lipinski definition) is 4. The van der Waals surface area contributed by atoms with Crippen LogP contribution in [0.5, 0.6) is 0 Å². The van der Waals surface area contributed by atoms with E-state index in [2.05, 4.69) is 0 Å². The minimum Gasteiger partial charge on any atom is -0.393 e. The van der Waals surface area contributed by atoms with Crippen LogP contribution in [-0.2, 0) is 14.2 Å². The Morgan fingerprint density at radius 1 is 1.17 bits per heavy atom. The van der Waals surface area contributed by atoms with Crippen LogP contribution in [0.2, 0.25) is 0 Å². The Labute approximate surface area is 71.4 Å². The molecule has 2 saturated heterocycles. The quantitative estimate of drug-likeness (QED) is 0.557. The molecule has 1 N–H and O–H groups in total. The van der Waals surface area contributed by atoms with Crippen LogP contribution in [0.3, 0.4) is 0 Å². The van der Waals surface area contributed by atoms with E-state index >= 15 is 0 Å². The molecule has 2 aliphatic heterocycles. The second-order valence-electron chi connectivity index (χ2n) is 3.31. The molecule has 1 spiro atoms. The molecule has 2 rings (SSSR count). The van der Waals surface area contributed by atoms with Gasteiger partial charge in [-0.05, 0) is 6.42 Å². The van der Waals surface area contributed by atoms with Crippen LogP contribution in [0.25, 0.3) is 0 Å². The summed E-state index contributed by atoms with van der Waals surface area (Å²) in [5.41, 5.74) is 0. The van der Waals surface area contributed by atoms with Gasteiger partial charge in [0.2, 0.25) is 0 Å². The molecule has 0 aliphatic carbocycles. The number of aliphatic hydroxyl groups excluding tert-OH is 1. The molecule has 4 heteroatoms. The Morgan fingerprint density at radius 3 is 2.67 bits per heavy atom. The Hall–Kier alpha value is -0.160. The number of rotatable bonds is 0. The number of hydrogen-bond donors (Lipinski definition) is 1. The predicted octanol–water partition coefficient (Wildman–Crippen LogP) is -0.0992. The molecule has 0 aromatic heterocycles. The molecule has 0 radical (unpaired) electrons. The molecule has 0 unspecified atom stereocenters. The highest BCUT2D eigenvalue weighted by Gasteiger charge is 2.40. The monoisotopic (exact) mass is 174 g/mol. The first kappa shape index (κ1) is 8.44. The molecule has 0 saturated carbocycles. The summed E-state index contributed by atoms with van der Waals surface area (Å²) < 4.78 is 16.2. The predicted molar refractivity (Wildman–Crippen MR) is 40.7 cm³/mol.